The normalized spacial score (nSPS) is 13.9. The van der Waals surface area contributed by atoms with Crippen molar-refractivity contribution in [1.29, 1.82) is 0 Å². The first-order valence-electron chi connectivity index (χ1n) is 18.7. The Hall–Kier alpha value is -5.41. The topological polar surface area (TPSA) is 137 Å². The minimum Gasteiger partial charge on any atom is -0.497 e. The number of hydrogen-bond acceptors (Lipinski definition) is 11. The number of thioether (sulfide) groups is 1. The summed E-state index contributed by atoms with van der Waals surface area (Å²) in [5, 5.41) is 15.5. The smallest absolute Gasteiger partial charge is 0.293 e. The average Bonchev–Trinajstić information content (AvgIpc) is 3.22. The molecule has 5 aromatic carbocycles. The highest BCUT2D eigenvalue weighted by atomic mass is 32.2. The van der Waals surface area contributed by atoms with Crippen molar-refractivity contribution in [3.8, 4) is 16.9 Å². The highest BCUT2D eigenvalue weighted by Crippen LogP contribution is 2.31. The summed E-state index contributed by atoms with van der Waals surface area (Å²) < 4.78 is 34.1. The zero-order valence-corrected chi connectivity index (χ0v) is 34.0. The van der Waals surface area contributed by atoms with Crippen molar-refractivity contribution in [1.82, 2.24) is 14.5 Å². The van der Waals surface area contributed by atoms with Crippen molar-refractivity contribution in [3.05, 3.63) is 143 Å². The quantitative estimate of drug-likeness (QED) is 0.0559. The lowest BCUT2D eigenvalue weighted by atomic mass is 9.99. The second-order valence-corrected chi connectivity index (χ2v) is 16.9. The number of nitro benzene ring substituents is 1. The molecule has 57 heavy (non-hydrogen) atoms. The van der Waals surface area contributed by atoms with Gasteiger partial charge in [0, 0.05) is 66.7 Å². The largest absolute Gasteiger partial charge is 0.497 e. The minimum atomic E-state index is -4.43. The Labute approximate surface area is 339 Å². The van der Waals surface area contributed by atoms with Gasteiger partial charge >= 0.3 is 0 Å². The SMILES string of the molecule is COc1ccc(-c2ccccc2CN2CCN(c3ccc(C(=O)NS(=O)(=O)c4ccc(N[C@H](CCN(C)C)CSc5ccccc5)c([N+](=O)[O-])c4)cc3)CC2)cc1. The van der Waals surface area contributed by atoms with Gasteiger partial charge < -0.3 is 19.9 Å². The minimum absolute atomic E-state index is 0.140. The fourth-order valence-electron chi connectivity index (χ4n) is 6.68. The molecule has 0 spiro atoms. The zero-order valence-electron chi connectivity index (χ0n) is 32.3. The van der Waals surface area contributed by atoms with E-state index in [1.807, 2.05) is 73.6 Å². The molecule has 0 unspecified atom stereocenters. The summed E-state index contributed by atoms with van der Waals surface area (Å²) in [7, 11) is 1.15. The van der Waals surface area contributed by atoms with Crippen LogP contribution in [0, 0.1) is 10.1 Å². The molecular formula is C43H48N6O6S2. The van der Waals surface area contributed by atoms with Crippen LogP contribution in [-0.4, -0.2) is 94.8 Å². The fraction of sp³-hybridized carbons (Fsp3) is 0.279. The maximum Gasteiger partial charge on any atom is 0.293 e. The number of nitro groups is 1. The summed E-state index contributed by atoms with van der Waals surface area (Å²) in [5.41, 5.74) is 4.48. The lowest BCUT2D eigenvalue weighted by Crippen LogP contribution is -2.46. The molecule has 0 bridgehead atoms. The third-order valence-electron chi connectivity index (χ3n) is 9.86. The second-order valence-electron chi connectivity index (χ2n) is 14.1. The molecule has 1 aliphatic rings. The van der Waals surface area contributed by atoms with Gasteiger partial charge in [0.2, 0.25) is 0 Å². The van der Waals surface area contributed by atoms with Crippen molar-refractivity contribution in [2.45, 2.75) is 28.8 Å². The Kier molecular flexibility index (Phi) is 13.9. The van der Waals surface area contributed by atoms with Gasteiger partial charge in [-0.2, -0.15) is 0 Å². The Bertz CT molecular complexity index is 2230. The van der Waals surface area contributed by atoms with Gasteiger partial charge in [0.1, 0.15) is 11.4 Å². The lowest BCUT2D eigenvalue weighted by molar-refractivity contribution is -0.384. The van der Waals surface area contributed by atoms with Gasteiger partial charge in [-0.15, -0.1) is 11.8 Å². The van der Waals surface area contributed by atoms with Crippen molar-refractivity contribution >= 4 is 44.8 Å². The first kappa shape index (κ1) is 41.2. The third-order valence-corrected chi connectivity index (χ3v) is 12.4. The molecule has 0 radical (unpaired) electrons. The number of sulfonamides is 1. The van der Waals surface area contributed by atoms with Crippen LogP contribution in [-0.2, 0) is 16.6 Å². The van der Waals surface area contributed by atoms with Gasteiger partial charge in [-0.05, 0) is 104 Å². The molecule has 0 saturated carbocycles. The third kappa shape index (κ3) is 11.1. The summed E-state index contributed by atoms with van der Waals surface area (Å²) in [6, 6.07) is 36.7. The summed E-state index contributed by atoms with van der Waals surface area (Å²) in [6.45, 7) is 4.84. The summed E-state index contributed by atoms with van der Waals surface area (Å²) in [6.07, 6.45) is 0.705. The first-order chi connectivity index (χ1) is 27.5. The molecule has 298 valence electrons. The Morgan fingerprint density at radius 1 is 0.895 bits per heavy atom. The number of piperazine rings is 1. The second kappa shape index (κ2) is 19.2. The van der Waals surface area contributed by atoms with Crippen molar-refractivity contribution in [2.75, 3.05) is 69.9 Å². The standard InChI is InChI=1S/C43H48N6O6S2/c1-46(2)24-23-35(31-56-38-10-5-4-6-11-38)44-41-22-21-39(29-42(41)49(51)52)57(53,54)45-43(50)33-13-17-36(18-14-33)48-27-25-47(26-28-48)30-34-9-7-8-12-40(34)32-15-19-37(55-3)20-16-32/h4-22,29,35,44H,23-28,30-31H2,1-3H3,(H,45,50)/t35-/m1/s1. The molecule has 1 aliphatic heterocycles. The molecule has 1 amide bonds. The molecule has 2 N–H and O–H groups in total. The van der Waals surface area contributed by atoms with E-state index in [1.165, 1.54) is 23.3 Å². The van der Waals surface area contributed by atoms with E-state index in [4.69, 9.17) is 4.74 Å². The number of nitrogens with zero attached hydrogens (tertiary/aromatic N) is 4. The van der Waals surface area contributed by atoms with Crippen LogP contribution in [0.5, 0.6) is 5.75 Å². The molecule has 5 aromatic rings. The number of amides is 1. The summed E-state index contributed by atoms with van der Waals surface area (Å²) >= 11 is 1.63. The van der Waals surface area contributed by atoms with E-state index in [9.17, 15) is 23.3 Å². The Morgan fingerprint density at radius 2 is 1.58 bits per heavy atom. The van der Waals surface area contributed by atoms with Crippen LogP contribution in [0.3, 0.4) is 0 Å². The van der Waals surface area contributed by atoms with Gasteiger partial charge in [0.25, 0.3) is 21.6 Å². The zero-order chi connectivity index (χ0) is 40.4. The predicted octanol–water partition coefficient (Wildman–Crippen LogP) is 7.24. The molecular weight excluding hydrogens is 761 g/mol. The number of anilines is 2. The van der Waals surface area contributed by atoms with E-state index in [-0.39, 0.29) is 22.2 Å². The van der Waals surface area contributed by atoms with Gasteiger partial charge in [0.15, 0.2) is 0 Å². The predicted molar refractivity (Wildman–Crippen MR) is 228 cm³/mol. The molecule has 14 heteroatoms. The highest BCUT2D eigenvalue weighted by molar-refractivity contribution is 7.99. The molecule has 1 atom stereocenters. The van der Waals surface area contributed by atoms with E-state index >= 15 is 0 Å². The summed E-state index contributed by atoms with van der Waals surface area (Å²) in [4.78, 5) is 32.1. The molecule has 6 rings (SSSR count). The molecule has 1 fully saturated rings. The molecule has 12 nitrogen and oxygen atoms in total. The van der Waals surface area contributed by atoms with Gasteiger partial charge in [-0.1, -0.05) is 54.6 Å². The number of ether oxygens (including phenoxy) is 1. The van der Waals surface area contributed by atoms with Crippen LogP contribution < -0.4 is 19.7 Å². The molecule has 0 aliphatic carbocycles. The first-order valence-corrected chi connectivity index (χ1v) is 21.2. The Morgan fingerprint density at radius 3 is 2.25 bits per heavy atom. The highest BCUT2D eigenvalue weighted by Gasteiger charge is 2.26. The molecule has 1 saturated heterocycles. The van der Waals surface area contributed by atoms with Crippen LogP contribution in [0.4, 0.5) is 17.1 Å². The number of hydrogen-bond donors (Lipinski definition) is 2. The van der Waals surface area contributed by atoms with Crippen molar-refractivity contribution < 1.29 is 22.9 Å². The maximum absolute atomic E-state index is 13.4. The van der Waals surface area contributed by atoms with Gasteiger partial charge in [0.05, 0.1) is 16.9 Å². The van der Waals surface area contributed by atoms with Crippen LogP contribution in [0.15, 0.2) is 131 Å². The number of methoxy groups -OCH3 is 1. The van der Waals surface area contributed by atoms with E-state index in [2.05, 4.69) is 56.2 Å². The van der Waals surface area contributed by atoms with Crippen LogP contribution in [0.2, 0.25) is 0 Å². The van der Waals surface area contributed by atoms with Crippen LogP contribution in [0.25, 0.3) is 11.1 Å². The van der Waals surface area contributed by atoms with E-state index in [1.54, 1.807) is 31.0 Å². The Balaban J connectivity index is 1.06. The monoisotopic (exact) mass is 808 g/mol. The number of benzene rings is 5. The van der Waals surface area contributed by atoms with E-state index in [0.29, 0.717) is 12.2 Å². The number of rotatable bonds is 17. The van der Waals surface area contributed by atoms with Crippen LogP contribution >= 0.6 is 11.8 Å². The van der Waals surface area contributed by atoms with Crippen LogP contribution in [0.1, 0.15) is 22.3 Å². The average molecular weight is 809 g/mol. The molecule has 1 heterocycles. The number of nitrogens with one attached hydrogen (secondary N) is 2. The summed E-state index contributed by atoms with van der Waals surface area (Å²) in [5.74, 6) is 0.637. The lowest BCUT2D eigenvalue weighted by Gasteiger charge is -2.36. The number of carbonyl (C=O) groups excluding carboxylic acids is 1. The van der Waals surface area contributed by atoms with Crippen molar-refractivity contribution in [2.24, 2.45) is 0 Å². The fourth-order valence-corrected chi connectivity index (χ4v) is 8.66. The maximum atomic E-state index is 13.4. The van der Waals surface area contributed by atoms with E-state index < -0.39 is 26.5 Å². The molecule has 0 aromatic heterocycles. The van der Waals surface area contributed by atoms with Crippen molar-refractivity contribution in [3.63, 3.8) is 0 Å². The van der Waals surface area contributed by atoms with Gasteiger partial charge in [-0.25, -0.2) is 13.1 Å². The van der Waals surface area contributed by atoms with Gasteiger partial charge in [-0.3, -0.25) is 19.8 Å². The van der Waals surface area contributed by atoms with E-state index in [0.717, 1.165) is 67.2 Å². The number of carbonyl (C=O) groups is 1.